The number of methoxy groups -OCH3 is 2. The highest BCUT2D eigenvalue weighted by molar-refractivity contribution is 5.92. The van der Waals surface area contributed by atoms with Crippen LogP contribution in [0.4, 0.5) is 0 Å². The maximum absolute atomic E-state index is 14.2. The Morgan fingerprint density at radius 2 is 1.60 bits per heavy atom. The number of likely N-dealkylation sites (tertiary alicyclic amines) is 1. The number of ether oxygens (including phenoxy) is 2. The molecule has 1 heterocycles. The van der Waals surface area contributed by atoms with Gasteiger partial charge in [-0.15, -0.1) is 0 Å². The Morgan fingerprint density at radius 3 is 2.11 bits per heavy atom. The van der Waals surface area contributed by atoms with E-state index in [1.807, 2.05) is 58.0 Å². The Labute approximate surface area is 316 Å². The van der Waals surface area contributed by atoms with Crippen LogP contribution in [-0.4, -0.2) is 140 Å². The van der Waals surface area contributed by atoms with E-state index in [1.165, 1.54) is 7.11 Å². The van der Waals surface area contributed by atoms with Gasteiger partial charge in [-0.3, -0.25) is 28.9 Å². The number of rotatable bonds is 22. The minimum atomic E-state index is -0.904. The third-order valence-electron chi connectivity index (χ3n) is 10.7. The molecule has 1 aromatic rings. The van der Waals surface area contributed by atoms with E-state index >= 15 is 0 Å². The molecule has 53 heavy (non-hydrogen) atoms. The summed E-state index contributed by atoms with van der Waals surface area (Å²) in [5.74, 6) is -2.86. The van der Waals surface area contributed by atoms with Crippen molar-refractivity contribution in [2.24, 2.45) is 23.5 Å². The zero-order chi connectivity index (χ0) is 40.0. The molecule has 0 bridgehead atoms. The molecule has 0 saturated carbocycles. The largest absolute Gasteiger partial charge is 0.394 e. The number of primary amides is 1. The van der Waals surface area contributed by atoms with Crippen molar-refractivity contribution in [3.05, 3.63) is 35.9 Å². The van der Waals surface area contributed by atoms with Gasteiger partial charge in [0, 0.05) is 27.8 Å². The summed E-state index contributed by atoms with van der Waals surface area (Å²) in [5.41, 5.74) is 6.39. The lowest BCUT2D eigenvalue weighted by Crippen LogP contribution is -2.59. The summed E-state index contributed by atoms with van der Waals surface area (Å²) in [6.07, 6.45) is 1.08. The van der Waals surface area contributed by atoms with Gasteiger partial charge in [-0.05, 0) is 50.8 Å². The number of hydrogen-bond donors (Lipinski definition) is 4. The first-order chi connectivity index (χ1) is 25.0. The number of carbonyl (C=O) groups excluding carboxylic acids is 5. The molecular formula is C39H66N6O8. The van der Waals surface area contributed by atoms with Crippen LogP contribution in [0.15, 0.2) is 30.3 Å². The number of nitrogens with one attached hydrogen (secondary N) is 2. The predicted molar refractivity (Wildman–Crippen MR) is 203 cm³/mol. The lowest BCUT2D eigenvalue weighted by Gasteiger charge is -2.41. The van der Waals surface area contributed by atoms with Crippen molar-refractivity contribution in [3.8, 4) is 0 Å². The highest BCUT2D eigenvalue weighted by atomic mass is 16.5. The van der Waals surface area contributed by atoms with Gasteiger partial charge >= 0.3 is 0 Å². The van der Waals surface area contributed by atoms with Crippen molar-refractivity contribution in [1.29, 1.82) is 0 Å². The average molecular weight is 747 g/mol. The van der Waals surface area contributed by atoms with Gasteiger partial charge in [-0.1, -0.05) is 71.4 Å². The molecule has 2 rings (SSSR count). The molecule has 300 valence electrons. The van der Waals surface area contributed by atoms with Gasteiger partial charge in [0.2, 0.25) is 29.5 Å². The highest BCUT2D eigenvalue weighted by Crippen LogP contribution is 2.29. The van der Waals surface area contributed by atoms with Gasteiger partial charge in [0.15, 0.2) is 0 Å². The molecule has 0 spiro atoms. The summed E-state index contributed by atoms with van der Waals surface area (Å²) in [7, 11) is 8.07. The van der Waals surface area contributed by atoms with Crippen molar-refractivity contribution in [2.75, 3.05) is 48.5 Å². The fourth-order valence-corrected chi connectivity index (χ4v) is 7.38. The molecule has 1 fully saturated rings. The summed E-state index contributed by atoms with van der Waals surface area (Å²) in [5, 5.41) is 15.8. The predicted octanol–water partition coefficient (Wildman–Crippen LogP) is 1.57. The molecule has 1 aromatic carbocycles. The van der Waals surface area contributed by atoms with Gasteiger partial charge in [0.25, 0.3) is 0 Å². The van der Waals surface area contributed by atoms with E-state index in [0.29, 0.717) is 25.8 Å². The first-order valence-electron chi connectivity index (χ1n) is 18.8. The monoisotopic (exact) mass is 746 g/mol. The van der Waals surface area contributed by atoms with E-state index in [1.54, 1.807) is 49.9 Å². The maximum Gasteiger partial charge on any atom is 0.245 e. The molecule has 1 aliphatic heterocycles. The number of aliphatic hydroxyl groups excluding tert-OH is 1. The van der Waals surface area contributed by atoms with E-state index < -0.39 is 54.1 Å². The number of benzene rings is 1. The van der Waals surface area contributed by atoms with E-state index in [2.05, 4.69) is 10.6 Å². The summed E-state index contributed by atoms with van der Waals surface area (Å²) >= 11 is 0. The van der Waals surface area contributed by atoms with E-state index in [-0.39, 0.29) is 55.0 Å². The van der Waals surface area contributed by atoms with Crippen molar-refractivity contribution < 1.29 is 38.6 Å². The van der Waals surface area contributed by atoms with Crippen LogP contribution >= 0.6 is 0 Å². The Bertz CT molecular complexity index is 1330. The summed E-state index contributed by atoms with van der Waals surface area (Å²) in [6, 6.07) is 6.53. The van der Waals surface area contributed by atoms with Crippen LogP contribution in [0.5, 0.6) is 0 Å². The van der Waals surface area contributed by atoms with Crippen LogP contribution in [0.3, 0.4) is 0 Å². The van der Waals surface area contributed by atoms with Crippen LogP contribution < -0.4 is 16.4 Å². The van der Waals surface area contributed by atoms with Gasteiger partial charge in [-0.2, -0.15) is 0 Å². The zero-order valence-electron chi connectivity index (χ0n) is 33.5. The van der Waals surface area contributed by atoms with Crippen LogP contribution in [0, 0.1) is 17.8 Å². The van der Waals surface area contributed by atoms with E-state index in [9.17, 15) is 29.1 Å². The maximum atomic E-state index is 14.2. The van der Waals surface area contributed by atoms with Gasteiger partial charge in [0.1, 0.15) is 6.04 Å². The number of aliphatic hydroxyl groups is 1. The first-order valence-corrected chi connectivity index (χ1v) is 18.8. The normalized spacial score (nSPS) is 19.1. The van der Waals surface area contributed by atoms with Crippen LogP contribution in [0.25, 0.3) is 0 Å². The van der Waals surface area contributed by atoms with Crippen LogP contribution in [-0.2, 0) is 39.9 Å². The second-order valence-electron chi connectivity index (χ2n) is 15.0. The first kappa shape index (κ1) is 45.6. The molecule has 9 atom stereocenters. The lowest BCUT2D eigenvalue weighted by molar-refractivity contribution is -0.148. The van der Waals surface area contributed by atoms with E-state index in [4.69, 9.17) is 15.2 Å². The second kappa shape index (κ2) is 21.9. The standard InChI is InChI=1S/C39H66N6O8/c1-11-25(4)35(44(8)39(51)34(24(2)3)42-38(50)30(43(6)7)21-32(40)47)31(52-9)22-33(48)45-19-15-18-29(45)36(53-10)26(5)37(49)41-28(23-46)20-27-16-13-12-14-17-27/h12-14,16-17,24-26,28-31,34-36,46H,11,15,18-23H2,1-10H3,(H2,40,47)(H,41,49)(H,42,50)/t25-,26+,28-,29-,30-,31+,34-,35-,36+/m0/s1. The number of nitrogens with zero attached hydrogens (tertiary/aromatic N) is 3. The Morgan fingerprint density at radius 1 is 0.962 bits per heavy atom. The van der Waals surface area contributed by atoms with Crippen molar-refractivity contribution in [3.63, 3.8) is 0 Å². The number of amides is 5. The second-order valence-corrected chi connectivity index (χ2v) is 15.0. The SMILES string of the molecule is CC[C@H](C)[C@@H]([C@@H](CC(=O)N1CCC[C@H]1[C@H](OC)[C@@H](C)C(=O)N[C@H](CO)Cc1ccccc1)OC)N(C)C(=O)[C@@H](NC(=O)[C@H](CC(N)=O)N(C)C)C(C)C. The summed E-state index contributed by atoms with van der Waals surface area (Å²) in [4.78, 5) is 71.7. The number of nitrogens with two attached hydrogens (primary N) is 1. The molecule has 0 aliphatic carbocycles. The molecular weight excluding hydrogens is 680 g/mol. The molecule has 0 unspecified atom stereocenters. The minimum absolute atomic E-state index is 0.0136. The van der Waals surface area contributed by atoms with Gasteiger partial charge < -0.3 is 40.7 Å². The molecule has 1 saturated heterocycles. The van der Waals surface area contributed by atoms with Crippen LogP contribution in [0.2, 0.25) is 0 Å². The Kier molecular flexibility index (Phi) is 18.9. The number of likely N-dealkylation sites (N-methyl/N-ethyl adjacent to an activating group) is 2. The molecule has 1 aliphatic rings. The Hall–Kier alpha value is -3.59. The van der Waals surface area contributed by atoms with Crippen molar-refractivity contribution >= 4 is 29.5 Å². The van der Waals surface area contributed by atoms with E-state index in [0.717, 1.165) is 12.0 Å². The quantitative estimate of drug-likeness (QED) is 0.137. The lowest BCUT2D eigenvalue weighted by atomic mass is 9.89. The van der Waals surface area contributed by atoms with Crippen LogP contribution in [0.1, 0.15) is 72.3 Å². The number of hydrogen-bond acceptors (Lipinski definition) is 9. The molecule has 5 amide bonds. The molecule has 14 heteroatoms. The smallest absolute Gasteiger partial charge is 0.245 e. The highest BCUT2D eigenvalue weighted by Gasteiger charge is 2.43. The Balaban J connectivity index is 2.25. The van der Waals surface area contributed by atoms with Gasteiger partial charge in [-0.25, -0.2) is 0 Å². The van der Waals surface area contributed by atoms with Gasteiger partial charge in [0.05, 0.1) is 61.7 Å². The zero-order valence-corrected chi connectivity index (χ0v) is 33.5. The van der Waals surface area contributed by atoms with Crippen molar-refractivity contribution in [1.82, 2.24) is 25.3 Å². The fourth-order valence-electron chi connectivity index (χ4n) is 7.38. The topological polar surface area (TPSA) is 184 Å². The minimum Gasteiger partial charge on any atom is -0.394 e. The molecule has 14 nitrogen and oxygen atoms in total. The summed E-state index contributed by atoms with van der Waals surface area (Å²) in [6.45, 7) is 9.72. The molecule has 0 aromatic heterocycles. The molecule has 0 radical (unpaired) electrons. The third kappa shape index (κ3) is 12.8. The van der Waals surface area contributed by atoms with Crippen molar-refractivity contribution in [2.45, 2.75) is 116 Å². The summed E-state index contributed by atoms with van der Waals surface area (Å²) < 4.78 is 11.9. The average Bonchev–Trinajstić information content (AvgIpc) is 3.61. The number of carbonyl (C=O) groups is 5. The molecule has 5 N–H and O–H groups in total. The fraction of sp³-hybridized carbons (Fsp3) is 0.718. The third-order valence-corrected chi connectivity index (χ3v) is 10.7.